The van der Waals surface area contributed by atoms with Crippen LogP contribution in [0.3, 0.4) is 0 Å². The van der Waals surface area contributed by atoms with Crippen LogP contribution in [0.1, 0.15) is 20.8 Å². The lowest BCUT2D eigenvalue weighted by Gasteiger charge is -2.21. The Morgan fingerprint density at radius 3 is 2.58 bits per heavy atom. The quantitative estimate of drug-likeness (QED) is 0.379. The van der Waals surface area contributed by atoms with Gasteiger partial charge in [0.25, 0.3) is 5.78 Å². The molecule has 0 radical (unpaired) electrons. The van der Waals surface area contributed by atoms with Crippen molar-refractivity contribution in [3.05, 3.63) is 73.2 Å². The first-order valence-electron chi connectivity index (χ1n) is 10.7. The predicted octanol–water partition coefficient (Wildman–Crippen LogP) is 5.30. The molecule has 33 heavy (non-hydrogen) atoms. The number of hydrogen-bond donors (Lipinski definition) is 0. The van der Waals surface area contributed by atoms with Crippen LogP contribution in [0.15, 0.2) is 73.2 Å². The number of carbonyl (C=O) groups excluding carboxylic acids is 1. The molecule has 0 fully saturated rings. The Morgan fingerprint density at radius 1 is 1.03 bits per heavy atom. The van der Waals surface area contributed by atoms with E-state index in [4.69, 9.17) is 9.72 Å². The van der Waals surface area contributed by atoms with Crippen LogP contribution in [0, 0.1) is 0 Å². The van der Waals surface area contributed by atoms with Crippen LogP contribution in [-0.4, -0.2) is 42.9 Å². The first kappa shape index (κ1) is 20.7. The average Bonchev–Trinajstić information content (AvgIpc) is 3.47. The summed E-state index contributed by atoms with van der Waals surface area (Å²) in [7, 11) is 1.98. The van der Waals surface area contributed by atoms with Gasteiger partial charge in [-0.1, -0.05) is 24.3 Å². The molecular formula is C25H24N6O2. The van der Waals surface area contributed by atoms with Gasteiger partial charge in [-0.05, 0) is 57.2 Å². The van der Waals surface area contributed by atoms with Gasteiger partial charge < -0.3 is 9.64 Å². The van der Waals surface area contributed by atoms with Gasteiger partial charge in [0.2, 0.25) is 0 Å². The van der Waals surface area contributed by atoms with Gasteiger partial charge in [-0.3, -0.25) is 8.97 Å². The Labute approximate surface area is 191 Å². The third-order valence-electron chi connectivity index (χ3n) is 5.33. The van der Waals surface area contributed by atoms with E-state index >= 15 is 0 Å². The highest BCUT2D eigenvalue weighted by atomic mass is 16.6. The molecule has 5 rings (SSSR count). The number of anilines is 2. The molecule has 0 atom stereocenters. The third kappa shape index (κ3) is 3.80. The molecule has 5 aromatic rings. The summed E-state index contributed by atoms with van der Waals surface area (Å²) in [5, 5.41) is 9.17. The summed E-state index contributed by atoms with van der Waals surface area (Å²) in [4.78, 5) is 19.5. The van der Waals surface area contributed by atoms with Crippen molar-refractivity contribution in [2.24, 2.45) is 0 Å². The van der Waals surface area contributed by atoms with E-state index in [1.165, 1.54) is 4.57 Å². The summed E-state index contributed by atoms with van der Waals surface area (Å²) in [5.41, 5.74) is 2.92. The highest BCUT2D eigenvalue weighted by Crippen LogP contribution is 2.33. The zero-order valence-electron chi connectivity index (χ0n) is 18.9. The second-order valence-electron chi connectivity index (χ2n) is 8.81. The monoisotopic (exact) mass is 440 g/mol. The van der Waals surface area contributed by atoms with E-state index in [2.05, 4.69) is 10.2 Å². The predicted molar refractivity (Wildman–Crippen MR) is 128 cm³/mol. The van der Waals surface area contributed by atoms with Crippen LogP contribution in [-0.2, 0) is 4.74 Å². The molecule has 3 aromatic heterocycles. The molecule has 0 N–H and O–H groups in total. The van der Waals surface area contributed by atoms with Crippen LogP contribution in [0.2, 0.25) is 0 Å². The molecule has 0 amide bonds. The van der Waals surface area contributed by atoms with Crippen LogP contribution in [0.4, 0.5) is 16.3 Å². The van der Waals surface area contributed by atoms with Gasteiger partial charge in [0.15, 0.2) is 0 Å². The van der Waals surface area contributed by atoms with Gasteiger partial charge in [0.05, 0.1) is 11.2 Å². The molecule has 0 saturated carbocycles. The molecule has 0 aliphatic heterocycles. The smallest absolute Gasteiger partial charge is 0.418 e. The number of nitrogens with zero attached hydrogens (tertiary/aromatic N) is 6. The molecule has 8 nitrogen and oxygen atoms in total. The van der Waals surface area contributed by atoms with Crippen molar-refractivity contribution in [3.63, 3.8) is 0 Å². The van der Waals surface area contributed by atoms with Crippen molar-refractivity contribution in [1.29, 1.82) is 0 Å². The zero-order valence-corrected chi connectivity index (χ0v) is 18.9. The molecule has 0 spiro atoms. The number of benzene rings is 2. The van der Waals surface area contributed by atoms with Crippen LogP contribution in [0.5, 0.6) is 0 Å². The van der Waals surface area contributed by atoms with Crippen molar-refractivity contribution in [3.8, 4) is 11.3 Å². The van der Waals surface area contributed by atoms with Crippen molar-refractivity contribution in [2.45, 2.75) is 26.4 Å². The Morgan fingerprint density at radius 2 is 1.82 bits per heavy atom. The van der Waals surface area contributed by atoms with Crippen molar-refractivity contribution < 1.29 is 9.53 Å². The minimum atomic E-state index is -0.584. The fourth-order valence-electron chi connectivity index (χ4n) is 3.83. The lowest BCUT2D eigenvalue weighted by atomic mass is 10.1. The molecule has 3 heterocycles. The number of fused-ring (bicyclic) bond motifs is 3. The van der Waals surface area contributed by atoms with Gasteiger partial charge in [-0.2, -0.15) is 4.98 Å². The largest absolute Gasteiger partial charge is 0.443 e. The lowest BCUT2D eigenvalue weighted by molar-refractivity contribution is 0.0540. The SMILES string of the molecule is CN(c1ccccc1)c1nc2nncn2c2cc(-c3cccn3C(=O)OC(C)(C)C)ccc12. The average molecular weight is 441 g/mol. The highest BCUT2D eigenvalue weighted by Gasteiger charge is 2.21. The Balaban J connectivity index is 1.66. The van der Waals surface area contributed by atoms with E-state index in [0.29, 0.717) is 5.78 Å². The van der Waals surface area contributed by atoms with E-state index < -0.39 is 11.7 Å². The number of hydrogen-bond acceptors (Lipinski definition) is 6. The molecule has 2 aromatic carbocycles. The van der Waals surface area contributed by atoms with E-state index in [1.54, 1.807) is 12.5 Å². The number of carbonyl (C=O) groups is 1. The Kier molecular flexibility index (Phi) is 4.85. The van der Waals surface area contributed by atoms with Gasteiger partial charge in [-0.25, -0.2) is 4.79 Å². The maximum Gasteiger partial charge on any atom is 0.418 e. The molecular weight excluding hydrogens is 416 g/mol. The second kappa shape index (κ2) is 7.74. The van der Waals surface area contributed by atoms with Gasteiger partial charge in [0.1, 0.15) is 17.7 Å². The van der Waals surface area contributed by atoms with E-state index in [9.17, 15) is 4.79 Å². The maximum absolute atomic E-state index is 12.7. The fourth-order valence-corrected chi connectivity index (χ4v) is 3.83. The fraction of sp³-hybridized carbons (Fsp3) is 0.200. The lowest BCUT2D eigenvalue weighted by Crippen LogP contribution is -2.27. The minimum Gasteiger partial charge on any atom is -0.443 e. The summed E-state index contributed by atoms with van der Waals surface area (Å²) in [6.45, 7) is 5.56. The van der Waals surface area contributed by atoms with E-state index in [0.717, 1.165) is 33.7 Å². The van der Waals surface area contributed by atoms with Gasteiger partial charge in [0, 0.05) is 29.9 Å². The number of para-hydroxylation sites is 1. The molecule has 166 valence electrons. The third-order valence-corrected chi connectivity index (χ3v) is 5.33. The molecule has 0 saturated heterocycles. The van der Waals surface area contributed by atoms with Crippen molar-refractivity contribution >= 4 is 34.3 Å². The molecule has 0 bridgehead atoms. The van der Waals surface area contributed by atoms with E-state index in [-0.39, 0.29) is 0 Å². The van der Waals surface area contributed by atoms with Crippen LogP contribution >= 0.6 is 0 Å². The summed E-state index contributed by atoms with van der Waals surface area (Å²) in [5.74, 6) is 1.27. The normalized spacial score (nSPS) is 11.8. The summed E-state index contributed by atoms with van der Waals surface area (Å²) < 4.78 is 8.94. The van der Waals surface area contributed by atoms with Gasteiger partial charge in [-0.15, -0.1) is 10.2 Å². The zero-order chi connectivity index (χ0) is 23.2. The van der Waals surface area contributed by atoms with Crippen molar-refractivity contribution in [2.75, 3.05) is 11.9 Å². The maximum atomic E-state index is 12.7. The number of rotatable bonds is 3. The molecule has 0 aliphatic rings. The topological polar surface area (TPSA) is 77.6 Å². The van der Waals surface area contributed by atoms with Crippen LogP contribution < -0.4 is 4.90 Å². The highest BCUT2D eigenvalue weighted by molar-refractivity contribution is 5.96. The Bertz CT molecular complexity index is 1460. The molecule has 0 unspecified atom stereocenters. The molecule has 8 heteroatoms. The molecule has 0 aliphatic carbocycles. The summed E-state index contributed by atoms with van der Waals surface area (Å²) in [6.07, 6.45) is 2.94. The summed E-state index contributed by atoms with van der Waals surface area (Å²) in [6, 6.07) is 19.8. The minimum absolute atomic E-state index is 0.420. The Hall–Kier alpha value is -4.20. The number of ether oxygens (including phenoxy) is 1. The van der Waals surface area contributed by atoms with Crippen molar-refractivity contribution in [1.82, 2.24) is 24.1 Å². The standard InChI is InChI=1S/C25H24N6O2/c1-25(2,3)33-24(32)30-14-8-11-20(30)17-12-13-19-21(15-17)31-16-26-28-23(31)27-22(19)29(4)18-9-6-5-7-10-18/h5-16H,1-4H3. The summed E-state index contributed by atoms with van der Waals surface area (Å²) >= 11 is 0. The second-order valence-corrected chi connectivity index (χ2v) is 8.81. The van der Waals surface area contributed by atoms with Gasteiger partial charge >= 0.3 is 6.09 Å². The van der Waals surface area contributed by atoms with Crippen LogP contribution in [0.25, 0.3) is 27.9 Å². The van der Waals surface area contributed by atoms with E-state index in [1.807, 2.05) is 97.8 Å². The first-order chi connectivity index (χ1) is 15.8. The first-order valence-corrected chi connectivity index (χ1v) is 10.7. The number of aromatic nitrogens is 5.